The van der Waals surface area contributed by atoms with Crippen molar-refractivity contribution in [2.45, 2.75) is 57.0 Å². The van der Waals surface area contributed by atoms with E-state index >= 15 is 13.2 Å². The van der Waals surface area contributed by atoms with Crippen molar-refractivity contribution in [3.63, 3.8) is 0 Å². The number of para-hydroxylation sites is 1. The third-order valence-electron chi connectivity index (χ3n) is 9.28. The first-order chi connectivity index (χ1) is 22.2. The van der Waals surface area contributed by atoms with Crippen molar-refractivity contribution >= 4 is 22.7 Å². The van der Waals surface area contributed by atoms with Gasteiger partial charge in [0, 0.05) is 67.1 Å². The molecule has 0 unspecified atom stereocenters. The highest BCUT2D eigenvalue weighted by molar-refractivity contribution is 5.85. The number of fused-ring (bicyclic) bond motifs is 3. The number of benzene rings is 3. The van der Waals surface area contributed by atoms with Crippen LogP contribution >= 0.6 is 0 Å². The monoisotopic (exact) mass is 636 g/mol. The number of rotatable bonds is 12. The lowest BCUT2D eigenvalue weighted by atomic mass is 9.87. The van der Waals surface area contributed by atoms with Crippen LogP contribution in [0, 0.1) is 11.6 Å². The predicted molar refractivity (Wildman–Crippen MR) is 172 cm³/mol. The molecule has 0 radical (unpaired) electrons. The van der Waals surface area contributed by atoms with Gasteiger partial charge in [0.25, 0.3) is 0 Å². The first-order valence-electron chi connectivity index (χ1n) is 15.9. The Morgan fingerprint density at radius 2 is 1.72 bits per heavy atom. The topological polar surface area (TPSA) is 51.8 Å². The summed E-state index contributed by atoms with van der Waals surface area (Å²) in [4.78, 5) is 21.2. The molecular formula is C36H40F4N4O2. The molecule has 0 spiro atoms. The fourth-order valence-corrected chi connectivity index (χ4v) is 6.49. The zero-order valence-corrected chi connectivity index (χ0v) is 26.2. The van der Waals surface area contributed by atoms with Gasteiger partial charge in [0.1, 0.15) is 23.9 Å². The maximum atomic E-state index is 16.2. The lowest BCUT2D eigenvalue weighted by Gasteiger charge is -2.42. The van der Waals surface area contributed by atoms with Gasteiger partial charge < -0.3 is 19.5 Å². The number of aromatic nitrogens is 1. The van der Waals surface area contributed by atoms with E-state index in [2.05, 4.69) is 4.98 Å². The van der Waals surface area contributed by atoms with E-state index in [4.69, 9.17) is 4.74 Å². The van der Waals surface area contributed by atoms with Crippen molar-refractivity contribution in [2.75, 3.05) is 44.8 Å². The second kappa shape index (κ2) is 13.4. The molecule has 6 rings (SSSR count). The van der Waals surface area contributed by atoms with Crippen LogP contribution in [0.1, 0.15) is 54.6 Å². The van der Waals surface area contributed by atoms with Gasteiger partial charge in [-0.05, 0) is 61.9 Å². The molecule has 1 aliphatic heterocycles. The van der Waals surface area contributed by atoms with Gasteiger partial charge in [0.2, 0.25) is 0 Å². The second-order valence-corrected chi connectivity index (χ2v) is 12.7. The molecule has 3 aromatic carbocycles. The molecule has 0 bridgehead atoms. The van der Waals surface area contributed by atoms with E-state index < -0.39 is 36.1 Å². The zero-order chi connectivity index (χ0) is 32.4. The summed E-state index contributed by atoms with van der Waals surface area (Å²) < 4.78 is 66.0. The Hall–Kier alpha value is -4.05. The van der Waals surface area contributed by atoms with Crippen LogP contribution in [0.5, 0.6) is 0 Å². The Balaban J connectivity index is 1.23. The number of alkyl halides is 2. The number of carbonyl (C=O) groups excluding carboxylic acids is 1. The van der Waals surface area contributed by atoms with Crippen molar-refractivity contribution in [2.24, 2.45) is 0 Å². The molecule has 244 valence electrons. The quantitative estimate of drug-likeness (QED) is 0.162. The van der Waals surface area contributed by atoms with E-state index in [9.17, 15) is 9.18 Å². The van der Waals surface area contributed by atoms with Gasteiger partial charge in [-0.3, -0.25) is 9.29 Å². The highest BCUT2D eigenvalue weighted by Gasteiger charge is 2.49. The highest BCUT2D eigenvalue weighted by Crippen LogP contribution is 2.47. The van der Waals surface area contributed by atoms with Crippen LogP contribution in [0.2, 0.25) is 0 Å². The number of hydrogen-bond acceptors (Lipinski definition) is 4. The van der Waals surface area contributed by atoms with Crippen molar-refractivity contribution in [1.29, 1.82) is 0 Å². The largest absolute Gasteiger partial charge is 0.445 e. The van der Waals surface area contributed by atoms with Crippen LogP contribution < -0.4 is 4.90 Å². The van der Waals surface area contributed by atoms with E-state index in [1.54, 1.807) is 11.9 Å². The number of halogens is 4. The Morgan fingerprint density at radius 3 is 2.41 bits per heavy atom. The van der Waals surface area contributed by atoms with Crippen LogP contribution in [0.15, 0.2) is 66.7 Å². The molecule has 6 nitrogen and oxygen atoms in total. The number of aromatic amines is 1. The average Bonchev–Trinajstić information content (AvgIpc) is 3.67. The fourth-order valence-electron chi connectivity index (χ4n) is 6.49. The Morgan fingerprint density at radius 1 is 1.02 bits per heavy atom. The lowest BCUT2D eigenvalue weighted by molar-refractivity contribution is 0.0935. The number of likely N-dealkylation sites (N-methyl/N-ethyl adjacent to an activating group) is 1. The van der Waals surface area contributed by atoms with Gasteiger partial charge in [-0.2, -0.15) is 0 Å². The third-order valence-corrected chi connectivity index (χ3v) is 9.28. The fraction of sp³-hybridized carbons (Fsp3) is 0.417. The van der Waals surface area contributed by atoms with E-state index in [-0.39, 0.29) is 50.8 Å². The molecule has 0 saturated heterocycles. The van der Waals surface area contributed by atoms with Crippen LogP contribution in [-0.4, -0.2) is 72.5 Å². The minimum atomic E-state index is -1.35. The minimum absolute atomic E-state index is 0.0813. The van der Waals surface area contributed by atoms with Crippen LogP contribution in [-0.2, 0) is 17.8 Å². The molecule has 10 heteroatoms. The molecule has 46 heavy (non-hydrogen) atoms. The number of amides is 1. The summed E-state index contributed by atoms with van der Waals surface area (Å²) in [5.41, 5.74) is 2.23. The SMILES string of the molecule is C[C@@H]1Cc2c([nH]c3ccccc23)[C@@H](c2c(F)cc(N(C)CCN(CCCF)C(=O)OCc3ccccc3)cc2F)N1CC1(F)CC1. The molecule has 1 saturated carbocycles. The maximum absolute atomic E-state index is 16.2. The lowest BCUT2D eigenvalue weighted by Crippen LogP contribution is -2.46. The molecule has 4 aromatic rings. The summed E-state index contributed by atoms with van der Waals surface area (Å²) in [5.74, 6) is -1.45. The van der Waals surface area contributed by atoms with E-state index in [0.717, 1.165) is 22.0 Å². The van der Waals surface area contributed by atoms with Gasteiger partial charge in [0.05, 0.1) is 12.7 Å². The van der Waals surface area contributed by atoms with Crippen LogP contribution in [0.3, 0.4) is 0 Å². The maximum Gasteiger partial charge on any atom is 0.410 e. The highest BCUT2D eigenvalue weighted by atomic mass is 19.1. The van der Waals surface area contributed by atoms with E-state index in [1.165, 1.54) is 17.0 Å². The molecule has 2 aliphatic rings. The Kier molecular flexibility index (Phi) is 9.27. The number of H-pyrrole nitrogens is 1. The standard InChI is InChI=1S/C36H40F4N4O2/c1-24-19-28-27-11-6-7-12-31(27)41-33(28)34(44(24)23-36(40)13-14-36)32-29(38)20-26(21-30(32)39)42(2)17-18-43(16-8-15-37)35(45)46-22-25-9-4-3-5-10-25/h3-7,9-12,20-21,24,34,41H,8,13-19,22-23H2,1-2H3/t24-,34-/m1/s1. The summed E-state index contributed by atoms with van der Waals surface area (Å²) in [7, 11) is 1.68. The summed E-state index contributed by atoms with van der Waals surface area (Å²) in [5, 5.41) is 1.01. The summed E-state index contributed by atoms with van der Waals surface area (Å²) in [6.45, 7) is 2.13. The Labute approximate surface area is 266 Å². The number of ether oxygens (including phenoxy) is 1. The van der Waals surface area contributed by atoms with Crippen LogP contribution in [0.4, 0.5) is 28.0 Å². The van der Waals surface area contributed by atoms with Gasteiger partial charge in [0.15, 0.2) is 0 Å². The summed E-state index contributed by atoms with van der Waals surface area (Å²) >= 11 is 0. The van der Waals surface area contributed by atoms with Gasteiger partial charge in [-0.15, -0.1) is 0 Å². The smallest absolute Gasteiger partial charge is 0.410 e. The first-order valence-corrected chi connectivity index (χ1v) is 15.9. The molecular weight excluding hydrogens is 596 g/mol. The normalized spacial score (nSPS) is 18.7. The van der Waals surface area contributed by atoms with Crippen molar-refractivity contribution < 1.29 is 27.1 Å². The van der Waals surface area contributed by atoms with Gasteiger partial charge in [-0.1, -0.05) is 48.5 Å². The van der Waals surface area contributed by atoms with Crippen molar-refractivity contribution in [3.8, 4) is 0 Å². The van der Waals surface area contributed by atoms with Crippen molar-refractivity contribution in [3.05, 3.63) is 101 Å². The molecule has 1 N–H and O–H groups in total. The molecule has 1 fully saturated rings. The number of anilines is 1. The number of hydrogen-bond donors (Lipinski definition) is 1. The number of nitrogens with zero attached hydrogens (tertiary/aromatic N) is 3. The van der Waals surface area contributed by atoms with Crippen LogP contribution in [0.25, 0.3) is 10.9 Å². The third kappa shape index (κ3) is 6.72. The van der Waals surface area contributed by atoms with Crippen molar-refractivity contribution in [1.82, 2.24) is 14.8 Å². The summed E-state index contributed by atoms with van der Waals surface area (Å²) in [6.07, 6.45) is 1.09. The van der Waals surface area contributed by atoms with E-state index in [1.807, 2.05) is 66.4 Å². The molecule has 2 atom stereocenters. The molecule has 1 amide bonds. The minimum Gasteiger partial charge on any atom is -0.445 e. The number of carbonyl (C=O) groups is 1. The Bertz CT molecular complexity index is 1650. The zero-order valence-electron chi connectivity index (χ0n) is 26.2. The number of nitrogens with one attached hydrogen (secondary N) is 1. The second-order valence-electron chi connectivity index (χ2n) is 12.7. The first kappa shape index (κ1) is 31.9. The molecule has 2 heterocycles. The predicted octanol–water partition coefficient (Wildman–Crippen LogP) is 7.72. The summed E-state index contributed by atoms with van der Waals surface area (Å²) in [6, 6.07) is 18.7. The van der Waals surface area contributed by atoms with E-state index in [0.29, 0.717) is 30.6 Å². The molecule has 1 aromatic heterocycles. The average molecular weight is 637 g/mol. The van der Waals surface area contributed by atoms with Gasteiger partial charge in [-0.25, -0.2) is 18.0 Å². The molecule has 1 aliphatic carbocycles. The van der Waals surface area contributed by atoms with Gasteiger partial charge >= 0.3 is 6.09 Å².